The Kier molecular flexibility index (Phi) is 6.27. The van der Waals surface area contributed by atoms with Gasteiger partial charge in [-0.25, -0.2) is 4.79 Å². The number of aromatic nitrogens is 5. The Morgan fingerprint density at radius 3 is 2.79 bits per heavy atom. The molecular formula is C17H18N6O4S. The highest BCUT2D eigenvalue weighted by Gasteiger charge is 2.10. The molecule has 3 aromatic rings. The number of rotatable bonds is 8. The number of benzene rings is 1. The van der Waals surface area contributed by atoms with E-state index in [2.05, 4.69) is 25.1 Å². The van der Waals surface area contributed by atoms with Crippen molar-refractivity contribution >= 4 is 23.9 Å². The van der Waals surface area contributed by atoms with Crippen LogP contribution in [-0.4, -0.2) is 58.2 Å². The summed E-state index contributed by atoms with van der Waals surface area (Å²) in [4.78, 5) is 11.5. The first-order valence-electron chi connectivity index (χ1n) is 8.05. The molecule has 2 aromatic heterocycles. The fraction of sp³-hybridized carbons (Fsp3) is 0.235. The summed E-state index contributed by atoms with van der Waals surface area (Å²) in [5.41, 5.74) is 1.08. The van der Waals surface area contributed by atoms with E-state index in [1.165, 1.54) is 25.2 Å². The second kappa shape index (κ2) is 9.04. The molecule has 0 aliphatic heterocycles. The van der Waals surface area contributed by atoms with Gasteiger partial charge in [-0.2, -0.15) is 14.9 Å². The minimum Gasteiger partial charge on any atom is -0.493 e. The number of carbonyl (C=O) groups is 1. The highest BCUT2D eigenvalue weighted by Crippen LogP contribution is 2.27. The van der Waals surface area contributed by atoms with E-state index in [4.69, 9.17) is 9.47 Å². The third-order valence-corrected chi connectivity index (χ3v) is 4.52. The molecule has 1 aromatic carbocycles. The van der Waals surface area contributed by atoms with Crippen LogP contribution in [0.4, 0.5) is 0 Å². The predicted molar refractivity (Wildman–Crippen MR) is 102 cm³/mol. The lowest BCUT2D eigenvalue weighted by Crippen LogP contribution is -2.04. The lowest BCUT2D eigenvalue weighted by molar-refractivity contribution is 0.0593. The summed E-state index contributed by atoms with van der Waals surface area (Å²) in [6.07, 6.45) is 4.86. The lowest BCUT2D eigenvalue weighted by atomic mass is 10.2. The Morgan fingerprint density at radius 2 is 2.04 bits per heavy atom. The van der Waals surface area contributed by atoms with Crippen LogP contribution in [0.15, 0.2) is 47.0 Å². The Balaban J connectivity index is 1.67. The average Bonchev–Trinajstić information content (AvgIpc) is 3.39. The molecule has 0 saturated carbocycles. The molecule has 0 fully saturated rings. The Labute approximate surface area is 165 Å². The van der Waals surface area contributed by atoms with Gasteiger partial charge in [0.05, 0.1) is 33.4 Å². The number of hydrogen-bond acceptors (Lipinski definition) is 9. The normalized spacial score (nSPS) is 11.0. The van der Waals surface area contributed by atoms with E-state index in [-0.39, 0.29) is 5.69 Å². The van der Waals surface area contributed by atoms with E-state index in [0.29, 0.717) is 22.5 Å². The van der Waals surface area contributed by atoms with Crippen LogP contribution < -0.4 is 9.47 Å². The van der Waals surface area contributed by atoms with Crippen LogP contribution in [-0.2, 0) is 10.6 Å². The minimum atomic E-state index is -0.480. The van der Waals surface area contributed by atoms with Crippen LogP contribution in [0.1, 0.15) is 16.1 Å². The van der Waals surface area contributed by atoms with Crippen molar-refractivity contribution in [2.75, 3.05) is 21.3 Å². The molecule has 2 heterocycles. The van der Waals surface area contributed by atoms with Crippen molar-refractivity contribution in [3.63, 3.8) is 0 Å². The third kappa shape index (κ3) is 4.49. The fourth-order valence-electron chi connectivity index (χ4n) is 2.23. The van der Waals surface area contributed by atoms with Gasteiger partial charge in [-0.15, -0.1) is 10.2 Å². The van der Waals surface area contributed by atoms with Crippen LogP contribution in [0.2, 0.25) is 0 Å². The summed E-state index contributed by atoms with van der Waals surface area (Å²) in [5.74, 6) is 1.21. The maximum Gasteiger partial charge on any atom is 0.358 e. The average molecular weight is 402 g/mol. The zero-order valence-corrected chi connectivity index (χ0v) is 16.3. The Bertz CT molecular complexity index is 984. The van der Waals surface area contributed by atoms with Crippen LogP contribution in [0.25, 0.3) is 0 Å². The highest BCUT2D eigenvalue weighted by atomic mass is 32.2. The summed E-state index contributed by atoms with van der Waals surface area (Å²) in [5, 5.41) is 17.0. The topological polar surface area (TPSA) is 106 Å². The van der Waals surface area contributed by atoms with E-state index in [0.717, 1.165) is 5.56 Å². The first-order chi connectivity index (χ1) is 13.6. The number of methoxy groups -OCH3 is 3. The molecule has 0 saturated heterocycles. The summed E-state index contributed by atoms with van der Waals surface area (Å²) >= 11 is 1.37. The van der Waals surface area contributed by atoms with Gasteiger partial charge in [0, 0.05) is 6.20 Å². The Morgan fingerprint density at radius 1 is 1.21 bits per heavy atom. The molecule has 0 aliphatic rings. The van der Waals surface area contributed by atoms with Gasteiger partial charge in [0.1, 0.15) is 6.33 Å². The summed E-state index contributed by atoms with van der Waals surface area (Å²) < 4.78 is 18.3. The van der Waals surface area contributed by atoms with Crippen molar-refractivity contribution in [1.82, 2.24) is 24.7 Å². The van der Waals surface area contributed by atoms with E-state index in [1.807, 2.05) is 12.1 Å². The molecule has 0 radical (unpaired) electrons. The summed E-state index contributed by atoms with van der Waals surface area (Å²) in [7, 11) is 4.48. The highest BCUT2D eigenvalue weighted by molar-refractivity contribution is 7.98. The molecule has 10 nitrogen and oxygen atoms in total. The van der Waals surface area contributed by atoms with Gasteiger partial charge in [-0.3, -0.25) is 4.68 Å². The van der Waals surface area contributed by atoms with Crippen molar-refractivity contribution in [3.8, 4) is 11.5 Å². The number of hydrogen-bond donors (Lipinski definition) is 0. The number of esters is 1. The van der Waals surface area contributed by atoms with Gasteiger partial charge in [-0.05, 0) is 29.8 Å². The molecular weight excluding hydrogens is 384 g/mol. The smallest absolute Gasteiger partial charge is 0.358 e. The monoisotopic (exact) mass is 402 g/mol. The second-order valence-electron chi connectivity index (χ2n) is 5.32. The first-order valence-corrected chi connectivity index (χ1v) is 9.04. The standard InChI is InChI=1S/C17H18N6O4S/c1-25-14-5-4-12(8-15(14)26-2)9-19-23-10-18-20-17(23)28-11-22-7-6-13(21-22)16(24)27-3/h4-10H,11H2,1-3H3/b19-9-. The quantitative estimate of drug-likeness (QED) is 0.320. The van der Waals surface area contributed by atoms with Gasteiger partial charge in [0.2, 0.25) is 5.16 Å². The van der Waals surface area contributed by atoms with Crippen molar-refractivity contribution in [3.05, 3.63) is 48.0 Å². The van der Waals surface area contributed by atoms with Gasteiger partial charge in [0.25, 0.3) is 0 Å². The molecule has 0 amide bonds. The van der Waals surface area contributed by atoms with E-state index < -0.39 is 5.97 Å². The van der Waals surface area contributed by atoms with Gasteiger partial charge >= 0.3 is 5.97 Å². The van der Waals surface area contributed by atoms with Gasteiger partial charge < -0.3 is 14.2 Å². The molecule has 28 heavy (non-hydrogen) atoms. The number of carbonyl (C=O) groups excluding carboxylic acids is 1. The lowest BCUT2D eigenvalue weighted by Gasteiger charge is -2.07. The van der Waals surface area contributed by atoms with Crippen LogP contribution in [0.3, 0.4) is 0 Å². The number of ether oxygens (including phenoxy) is 3. The zero-order valence-electron chi connectivity index (χ0n) is 15.5. The minimum absolute atomic E-state index is 0.246. The third-order valence-electron chi connectivity index (χ3n) is 3.60. The molecule has 11 heteroatoms. The van der Waals surface area contributed by atoms with Gasteiger partial charge in [0.15, 0.2) is 17.2 Å². The van der Waals surface area contributed by atoms with Crippen molar-refractivity contribution in [1.29, 1.82) is 0 Å². The molecule has 0 bridgehead atoms. The van der Waals surface area contributed by atoms with Crippen LogP contribution >= 0.6 is 11.8 Å². The summed E-state index contributed by atoms with van der Waals surface area (Å²) in [6, 6.07) is 7.07. The maximum absolute atomic E-state index is 11.5. The van der Waals surface area contributed by atoms with Crippen molar-refractivity contribution < 1.29 is 19.0 Å². The van der Waals surface area contributed by atoms with Crippen molar-refractivity contribution in [2.45, 2.75) is 11.0 Å². The molecule has 0 aliphatic carbocycles. The van der Waals surface area contributed by atoms with Crippen LogP contribution in [0.5, 0.6) is 11.5 Å². The first kappa shape index (κ1) is 19.4. The van der Waals surface area contributed by atoms with E-state index in [1.54, 1.807) is 48.1 Å². The SMILES string of the molecule is COC(=O)c1ccn(CSc2nncn2/N=C\c2ccc(OC)c(OC)c2)n1. The molecule has 0 unspecified atom stereocenters. The number of thioether (sulfide) groups is 1. The summed E-state index contributed by atoms with van der Waals surface area (Å²) in [6.45, 7) is 0. The second-order valence-corrected chi connectivity index (χ2v) is 6.23. The maximum atomic E-state index is 11.5. The van der Waals surface area contributed by atoms with Crippen LogP contribution in [0, 0.1) is 0 Å². The fourth-order valence-corrected chi connectivity index (χ4v) is 2.95. The van der Waals surface area contributed by atoms with Gasteiger partial charge in [-0.1, -0.05) is 11.8 Å². The van der Waals surface area contributed by atoms with E-state index >= 15 is 0 Å². The molecule has 0 spiro atoms. The van der Waals surface area contributed by atoms with Crippen molar-refractivity contribution in [2.24, 2.45) is 5.10 Å². The van der Waals surface area contributed by atoms with E-state index in [9.17, 15) is 4.79 Å². The largest absolute Gasteiger partial charge is 0.493 e. The molecule has 3 rings (SSSR count). The Hall–Kier alpha value is -3.34. The molecule has 0 N–H and O–H groups in total. The zero-order chi connectivity index (χ0) is 19.9. The molecule has 0 atom stereocenters. The molecule has 146 valence electrons. The number of nitrogens with zero attached hydrogens (tertiary/aromatic N) is 6. The predicted octanol–water partition coefficient (Wildman–Crippen LogP) is 1.91.